The number of sulfonamides is 1. The molecule has 5 nitrogen and oxygen atoms in total. The van der Waals surface area contributed by atoms with Crippen LogP contribution < -0.4 is 5.14 Å². The first-order chi connectivity index (χ1) is 10.9. The van der Waals surface area contributed by atoms with E-state index in [0.29, 0.717) is 19.4 Å². The van der Waals surface area contributed by atoms with Crippen LogP contribution in [0.1, 0.15) is 22.4 Å². The smallest absolute Gasteiger partial charge is 0.238 e. The Bertz CT molecular complexity index is 810. The number of nitrogens with zero attached hydrogens (tertiary/aromatic N) is 1. The van der Waals surface area contributed by atoms with Crippen molar-refractivity contribution in [2.45, 2.75) is 30.7 Å². The van der Waals surface area contributed by atoms with E-state index in [2.05, 4.69) is 11.4 Å². The van der Waals surface area contributed by atoms with Crippen molar-refractivity contribution in [2.24, 2.45) is 5.14 Å². The second kappa shape index (κ2) is 6.43. The number of carbonyl (C=O) groups is 1. The summed E-state index contributed by atoms with van der Waals surface area (Å²) in [4.78, 5) is 15.7. The minimum atomic E-state index is -3.67. The molecular formula is C16H18N2O3S2. The topological polar surface area (TPSA) is 80.5 Å². The van der Waals surface area contributed by atoms with Gasteiger partial charge < -0.3 is 4.90 Å². The maximum atomic E-state index is 12.3. The Balaban J connectivity index is 1.57. The number of fused-ring (bicyclic) bond motifs is 1. The van der Waals surface area contributed by atoms with E-state index in [-0.39, 0.29) is 10.8 Å². The van der Waals surface area contributed by atoms with Crippen molar-refractivity contribution in [2.75, 3.05) is 6.54 Å². The van der Waals surface area contributed by atoms with Crippen LogP contribution >= 0.6 is 11.3 Å². The molecule has 2 N–H and O–H groups in total. The Kier molecular flexibility index (Phi) is 4.52. The van der Waals surface area contributed by atoms with E-state index in [1.165, 1.54) is 22.6 Å². The average Bonchev–Trinajstić information content (AvgIpc) is 2.99. The number of hydrogen-bond donors (Lipinski definition) is 1. The molecule has 1 aromatic heterocycles. The van der Waals surface area contributed by atoms with Gasteiger partial charge in [0.25, 0.3) is 0 Å². The summed E-state index contributed by atoms with van der Waals surface area (Å²) in [5.41, 5.74) is 2.19. The maximum Gasteiger partial charge on any atom is 0.238 e. The fourth-order valence-electron chi connectivity index (χ4n) is 2.72. The lowest BCUT2D eigenvalue weighted by atomic mass is 10.1. The van der Waals surface area contributed by atoms with E-state index in [9.17, 15) is 13.2 Å². The van der Waals surface area contributed by atoms with Gasteiger partial charge in [-0.05, 0) is 47.5 Å². The van der Waals surface area contributed by atoms with Crippen LogP contribution in [-0.4, -0.2) is 25.8 Å². The molecule has 0 unspecified atom stereocenters. The van der Waals surface area contributed by atoms with Gasteiger partial charge in [-0.3, -0.25) is 4.79 Å². The van der Waals surface area contributed by atoms with Crippen molar-refractivity contribution < 1.29 is 13.2 Å². The zero-order valence-corrected chi connectivity index (χ0v) is 14.2. The van der Waals surface area contributed by atoms with E-state index < -0.39 is 10.0 Å². The third-order valence-corrected chi connectivity index (χ3v) is 5.99. The van der Waals surface area contributed by atoms with E-state index in [1.807, 2.05) is 4.90 Å². The summed E-state index contributed by atoms with van der Waals surface area (Å²) in [5.74, 6) is 0.136. The SMILES string of the molecule is NS(=O)(=O)c1ccc(CCC(=O)N2CCc3sccc3C2)cc1. The molecule has 3 rings (SSSR count). The monoisotopic (exact) mass is 350 g/mol. The van der Waals surface area contributed by atoms with Gasteiger partial charge in [0.1, 0.15) is 0 Å². The molecule has 0 aliphatic carbocycles. The first-order valence-corrected chi connectivity index (χ1v) is 9.81. The average molecular weight is 350 g/mol. The highest BCUT2D eigenvalue weighted by Crippen LogP contribution is 2.24. The van der Waals surface area contributed by atoms with Gasteiger partial charge in [0.05, 0.1) is 4.90 Å². The summed E-state index contributed by atoms with van der Waals surface area (Å²) in [7, 11) is -3.67. The molecule has 23 heavy (non-hydrogen) atoms. The van der Waals surface area contributed by atoms with E-state index in [1.54, 1.807) is 23.5 Å². The fourth-order valence-corrected chi connectivity index (χ4v) is 4.12. The number of carbonyl (C=O) groups excluding carboxylic acids is 1. The molecule has 0 fully saturated rings. The minimum absolute atomic E-state index is 0.0913. The highest BCUT2D eigenvalue weighted by atomic mass is 32.2. The standard InChI is InChI=1S/C16H18N2O3S2/c17-23(20,21)14-4-1-12(2-5-14)3-6-16(19)18-9-7-15-13(11-18)8-10-22-15/h1-2,4-5,8,10H,3,6-7,9,11H2,(H2,17,20,21). The quantitative estimate of drug-likeness (QED) is 0.915. The van der Waals surface area contributed by atoms with Gasteiger partial charge in [-0.15, -0.1) is 11.3 Å². The first kappa shape index (κ1) is 16.2. The number of amides is 1. The molecule has 2 aromatic rings. The number of rotatable bonds is 4. The van der Waals surface area contributed by atoms with Crippen LogP contribution in [0, 0.1) is 0 Å². The molecule has 0 atom stereocenters. The van der Waals surface area contributed by atoms with E-state index in [0.717, 1.165) is 18.5 Å². The Labute approximate surface area is 139 Å². The van der Waals surface area contributed by atoms with Crippen LogP contribution in [0.3, 0.4) is 0 Å². The third-order valence-electron chi connectivity index (χ3n) is 4.04. The summed E-state index contributed by atoms with van der Waals surface area (Å²) in [5, 5.41) is 7.14. The Hall–Kier alpha value is -1.70. The summed E-state index contributed by atoms with van der Waals surface area (Å²) in [6.45, 7) is 1.47. The van der Waals surface area contributed by atoms with Crippen molar-refractivity contribution in [3.63, 3.8) is 0 Å². The van der Waals surface area contributed by atoms with Crippen LogP contribution in [0.25, 0.3) is 0 Å². The molecule has 1 amide bonds. The summed E-state index contributed by atoms with van der Waals surface area (Å²) >= 11 is 1.76. The predicted molar refractivity (Wildman–Crippen MR) is 89.6 cm³/mol. The summed E-state index contributed by atoms with van der Waals surface area (Å²) in [6.07, 6.45) is 1.95. The van der Waals surface area contributed by atoms with Crippen molar-refractivity contribution in [1.82, 2.24) is 4.90 Å². The molecule has 0 radical (unpaired) electrons. The number of aryl methyl sites for hydroxylation is 1. The lowest BCUT2D eigenvalue weighted by Gasteiger charge is -2.27. The highest BCUT2D eigenvalue weighted by Gasteiger charge is 2.21. The number of thiophene rings is 1. The van der Waals surface area contributed by atoms with Crippen LogP contribution in [0.4, 0.5) is 0 Å². The normalized spacial score (nSPS) is 14.6. The summed E-state index contributed by atoms with van der Waals surface area (Å²) < 4.78 is 22.4. The Morgan fingerprint density at radius 2 is 1.96 bits per heavy atom. The molecule has 0 saturated heterocycles. The molecule has 1 aromatic carbocycles. The van der Waals surface area contributed by atoms with Gasteiger partial charge >= 0.3 is 0 Å². The molecule has 2 heterocycles. The molecule has 1 aliphatic heterocycles. The Morgan fingerprint density at radius 1 is 1.22 bits per heavy atom. The van der Waals surface area contributed by atoms with Gasteiger partial charge in [-0.25, -0.2) is 13.6 Å². The van der Waals surface area contributed by atoms with Crippen LogP contribution in [0.2, 0.25) is 0 Å². The number of benzene rings is 1. The van der Waals surface area contributed by atoms with Crippen molar-refractivity contribution in [3.05, 3.63) is 51.7 Å². The van der Waals surface area contributed by atoms with Crippen molar-refractivity contribution in [1.29, 1.82) is 0 Å². The lowest BCUT2D eigenvalue weighted by Crippen LogP contribution is -2.35. The Morgan fingerprint density at radius 3 is 2.65 bits per heavy atom. The van der Waals surface area contributed by atoms with Gasteiger partial charge in [-0.1, -0.05) is 12.1 Å². The molecular weight excluding hydrogens is 332 g/mol. The van der Waals surface area contributed by atoms with Gasteiger partial charge in [-0.2, -0.15) is 0 Å². The lowest BCUT2D eigenvalue weighted by molar-refractivity contribution is -0.132. The van der Waals surface area contributed by atoms with Crippen LogP contribution in [-0.2, 0) is 34.2 Å². The fraction of sp³-hybridized carbons (Fsp3) is 0.312. The van der Waals surface area contributed by atoms with Crippen LogP contribution in [0.5, 0.6) is 0 Å². The largest absolute Gasteiger partial charge is 0.338 e. The second-order valence-corrected chi connectivity index (χ2v) is 8.19. The zero-order valence-electron chi connectivity index (χ0n) is 12.6. The zero-order chi connectivity index (χ0) is 16.4. The third kappa shape index (κ3) is 3.80. The maximum absolute atomic E-state index is 12.3. The molecule has 7 heteroatoms. The van der Waals surface area contributed by atoms with Crippen molar-refractivity contribution >= 4 is 27.3 Å². The van der Waals surface area contributed by atoms with Gasteiger partial charge in [0.2, 0.25) is 15.9 Å². The summed E-state index contributed by atoms with van der Waals surface area (Å²) in [6, 6.07) is 8.47. The first-order valence-electron chi connectivity index (χ1n) is 7.38. The molecule has 0 bridgehead atoms. The predicted octanol–water partition coefficient (Wildman–Crippen LogP) is 1.91. The highest BCUT2D eigenvalue weighted by molar-refractivity contribution is 7.89. The number of hydrogen-bond acceptors (Lipinski definition) is 4. The molecule has 1 aliphatic rings. The molecule has 122 valence electrons. The molecule has 0 saturated carbocycles. The van der Waals surface area contributed by atoms with Gasteiger partial charge in [0.15, 0.2) is 0 Å². The van der Waals surface area contributed by atoms with E-state index >= 15 is 0 Å². The second-order valence-electron chi connectivity index (χ2n) is 5.62. The number of nitrogens with two attached hydrogens (primary N) is 1. The van der Waals surface area contributed by atoms with Gasteiger partial charge in [0, 0.05) is 24.4 Å². The minimum Gasteiger partial charge on any atom is -0.338 e. The van der Waals surface area contributed by atoms with Crippen molar-refractivity contribution in [3.8, 4) is 0 Å². The van der Waals surface area contributed by atoms with Crippen LogP contribution in [0.15, 0.2) is 40.6 Å². The number of primary sulfonamides is 1. The van der Waals surface area contributed by atoms with E-state index in [4.69, 9.17) is 5.14 Å². The molecule has 0 spiro atoms.